The van der Waals surface area contributed by atoms with Gasteiger partial charge in [-0.3, -0.25) is 0 Å². The highest BCUT2D eigenvalue weighted by atomic mass is 35.5. The summed E-state index contributed by atoms with van der Waals surface area (Å²) in [5.74, 6) is 0.339. The van der Waals surface area contributed by atoms with Crippen molar-refractivity contribution in [2.24, 2.45) is 17.8 Å². The van der Waals surface area contributed by atoms with Gasteiger partial charge in [0.1, 0.15) is 0 Å². The van der Waals surface area contributed by atoms with Gasteiger partial charge in [0.05, 0.1) is 18.1 Å². The van der Waals surface area contributed by atoms with Crippen LogP contribution in [0.15, 0.2) is 12.2 Å². The molecule has 13 heavy (non-hydrogen) atoms. The Balaban J connectivity index is 2.74. The van der Waals surface area contributed by atoms with Crippen molar-refractivity contribution < 1.29 is 5.11 Å². The predicted octanol–water partition coefficient (Wildman–Crippen LogP) is 1.94. The molecule has 2 nitrogen and oxygen atoms in total. The Morgan fingerprint density at radius 2 is 2.46 bits per heavy atom. The molecule has 0 amide bonds. The number of allylic oxidation sites excluding steroid dienone is 2. The highest BCUT2D eigenvalue weighted by molar-refractivity contribution is 6.18. The first-order valence-electron chi connectivity index (χ1n) is 4.51. The van der Waals surface area contributed by atoms with Crippen molar-refractivity contribution >= 4 is 11.6 Å². The lowest BCUT2D eigenvalue weighted by atomic mass is 9.75. The lowest BCUT2D eigenvalue weighted by Crippen LogP contribution is -2.33. The number of alkyl halides is 1. The third-order valence-electron chi connectivity index (χ3n) is 2.68. The SMILES string of the molecule is CC1C=CCC(C(O)CCl)C1C#N. The minimum Gasteiger partial charge on any atom is -0.392 e. The molecule has 4 unspecified atom stereocenters. The van der Waals surface area contributed by atoms with Crippen LogP contribution in [0, 0.1) is 29.1 Å². The molecule has 0 saturated heterocycles. The number of nitrogens with zero attached hydrogens (tertiary/aromatic N) is 1. The largest absolute Gasteiger partial charge is 0.392 e. The first-order valence-corrected chi connectivity index (χ1v) is 5.04. The zero-order chi connectivity index (χ0) is 9.84. The van der Waals surface area contributed by atoms with Crippen molar-refractivity contribution in [2.45, 2.75) is 19.4 Å². The first-order chi connectivity index (χ1) is 6.20. The third-order valence-corrected chi connectivity index (χ3v) is 2.99. The first kappa shape index (κ1) is 10.6. The Morgan fingerprint density at radius 1 is 1.77 bits per heavy atom. The molecular weight excluding hydrogens is 186 g/mol. The van der Waals surface area contributed by atoms with Crippen LogP contribution in [-0.4, -0.2) is 17.1 Å². The van der Waals surface area contributed by atoms with E-state index < -0.39 is 6.10 Å². The number of hydrogen-bond donors (Lipinski definition) is 1. The van der Waals surface area contributed by atoms with Gasteiger partial charge in [0.2, 0.25) is 0 Å². The van der Waals surface area contributed by atoms with Crippen LogP contribution in [-0.2, 0) is 0 Å². The summed E-state index contributed by atoms with van der Waals surface area (Å²) < 4.78 is 0. The fourth-order valence-electron chi connectivity index (χ4n) is 1.83. The fourth-order valence-corrected chi connectivity index (χ4v) is 2.06. The second kappa shape index (κ2) is 4.64. The summed E-state index contributed by atoms with van der Waals surface area (Å²) >= 11 is 5.57. The third kappa shape index (κ3) is 2.24. The van der Waals surface area contributed by atoms with Gasteiger partial charge >= 0.3 is 0 Å². The van der Waals surface area contributed by atoms with Gasteiger partial charge in [-0.2, -0.15) is 5.26 Å². The monoisotopic (exact) mass is 199 g/mol. The second-order valence-electron chi connectivity index (χ2n) is 3.56. The van der Waals surface area contributed by atoms with E-state index >= 15 is 0 Å². The summed E-state index contributed by atoms with van der Waals surface area (Å²) in [5, 5.41) is 18.5. The zero-order valence-electron chi connectivity index (χ0n) is 7.65. The molecule has 1 aliphatic rings. The van der Waals surface area contributed by atoms with Crippen molar-refractivity contribution in [3.63, 3.8) is 0 Å². The maximum Gasteiger partial charge on any atom is 0.0719 e. The molecule has 1 rings (SSSR count). The predicted molar refractivity (Wildman–Crippen MR) is 52.2 cm³/mol. The van der Waals surface area contributed by atoms with Crippen molar-refractivity contribution in [2.75, 3.05) is 5.88 Å². The molecular formula is C10H14ClNO. The van der Waals surface area contributed by atoms with Crippen LogP contribution in [0.3, 0.4) is 0 Å². The van der Waals surface area contributed by atoms with E-state index in [4.69, 9.17) is 16.9 Å². The maximum atomic E-state index is 9.59. The van der Waals surface area contributed by atoms with Gasteiger partial charge in [-0.15, -0.1) is 11.6 Å². The van der Waals surface area contributed by atoms with E-state index in [0.717, 1.165) is 6.42 Å². The van der Waals surface area contributed by atoms with Crippen molar-refractivity contribution in [1.82, 2.24) is 0 Å². The van der Waals surface area contributed by atoms with Crippen LogP contribution < -0.4 is 0 Å². The minimum absolute atomic E-state index is 0.00231. The lowest BCUT2D eigenvalue weighted by Gasteiger charge is -2.30. The number of nitriles is 1. The zero-order valence-corrected chi connectivity index (χ0v) is 8.41. The molecule has 0 saturated carbocycles. The molecule has 3 heteroatoms. The summed E-state index contributed by atoms with van der Waals surface area (Å²) in [6.07, 6.45) is 4.26. The summed E-state index contributed by atoms with van der Waals surface area (Å²) in [6, 6.07) is 2.25. The van der Waals surface area contributed by atoms with Crippen molar-refractivity contribution in [3.8, 4) is 6.07 Å². The second-order valence-corrected chi connectivity index (χ2v) is 3.87. The molecule has 0 fully saturated rings. The number of halogens is 1. The van der Waals surface area contributed by atoms with E-state index in [1.807, 2.05) is 19.1 Å². The minimum atomic E-state index is -0.557. The number of aliphatic hydroxyl groups is 1. The maximum absolute atomic E-state index is 9.59. The van der Waals surface area contributed by atoms with E-state index in [2.05, 4.69) is 6.07 Å². The van der Waals surface area contributed by atoms with Crippen molar-refractivity contribution in [1.29, 1.82) is 5.26 Å². The molecule has 0 bridgehead atoms. The van der Waals surface area contributed by atoms with Gasteiger partial charge in [0.25, 0.3) is 0 Å². The normalized spacial score (nSPS) is 35.4. The van der Waals surface area contributed by atoms with E-state index in [1.54, 1.807) is 0 Å². The Morgan fingerprint density at radius 3 is 3.00 bits per heavy atom. The molecule has 0 heterocycles. The number of hydrogen-bond acceptors (Lipinski definition) is 2. The van der Waals surface area contributed by atoms with Crippen LogP contribution in [0.5, 0.6) is 0 Å². The molecule has 0 aromatic heterocycles. The smallest absolute Gasteiger partial charge is 0.0719 e. The molecule has 4 atom stereocenters. The van der Waals surface area contributed by atoms with Gasteiger partial charge in [0, 0.05) is 11.8 Å². The quantitative estimate of drug-likeness (QED) is 0.546. The van der Waals surface area contributed by atoms with Crippen LogP contribution in [0.4, 0.5) is 0 Å². The highest BCUT2D eigenvalue weighted by Crippen LogP contribution is 2.32. The van der Waals surface area contributed by atoms with Crippen LogP contribution in [0.1, 0.15) is 13.3 Å². The van der Waals surface area contributed by atoms with E-state index in [9.17, 15) is 5.11 Å². The average molecular weight is 200 g/mol. The Hall–Kier alpha value is -0.520. The van der Waals surface area contributed by atoms with Gasteiger partial charge in [0.15, 0.2) is 0 Å². The van der Waals surface area contributed by atoms with Crippen LogP contribution >= 0.6 is 11.6 Å². The van der Waals surface area contributed by atoms with Crippen LogP contribution in [0.2, 0.25) is 0 Å². The average Bonchev–Trinajstić information content (AvgIpc) is 2.16. The molecule has 0 aromatic carbocycles. The molecule has 0 radical (unpaired) electrons. The van der Waals surface area contributed by atoms with E-state index in [-0.39, 0.29) is 23.6 Å². The van der Waals surface area contributed by atoms with Crippen LogP contribution in [0.25, 0.3) is 0 Å². The van der Waals surface area contributed by atoms with Gasteiger partial charge in [-0.25, -0.2) is 0 Å². The highest BCUT2D eigenvalue weighted by Gasteiger charge is 2.32. The fraction of sp³-hybridized carbons (Fsp3) is 0.700. The lowest BCUT2D eigenvalue weighted by molar-refractivity contribution is 0.0928. The molecule has 0 spiro atoms. The summed E-state index contributed by atoms with van der Waals surface area (Å²) in [6.45, 7) is 2.00. The molecule has 0 aromatic rings. The van der Waals surface area contributed by atoms with Gasteiger partial charge in [-0.05, 0) is 12.3 Å². The van der Waals surface area contributed by atoms with E-state index in [0.29, 0.717) is 0 Å². The number of rotatable bonds is 2. The molecule has 72 valence electrons. The summed E-state index contributed by atoms with van der Waals surface area (Å²) in [7, 11) is 0. The molecule has 1 N–H and O–H groups in total. The van der Waals surface area contributed by atoms with Gasteiger partial charge < -0.3 is 5.11 Å². The molecule has 1 aliphatic carbocycles. The van der Waals surface area contributed by atoms with Crippen molar-refractivity contribution in [3.05, 3.63) is 12.2 Å². The topological polar surface area (TPSA) is 44.0 Å². The Kier molecular flexibility index (Phi) is 3.77. The standard InChI is InChI=1S/C10H14ClNO/c1-7-3-2-4-8(9(7)6-12)10(13)5-11/h2-3,7-10,13H,4-5H2,1H3. The summed E-state index contributed by atoms with van der Waals surface area (Å²) in [4.78, 5) is 0. The summed E-state index contributed by atoms with van der Waals surface area (Å²) in [5.41, 5.74) is 0. The Labute approximate surface area is 83.8 Å². The van der Waals surface area contributed by atoms with Gasteiger partial charge in [-0.1, -0.05) is 19.1 Å². The molecule has 0 aliphatic heterocycles. The van der Waals surface area contributed by atoms with E-state index in [1.165, 1.54) is 0 Å². The number of aliphatic hydroxyl groups excluding tert-OH is 1. The Bertz CT molecular complexity index is 234.